The normalized spacial score (nSPS) is 9.89. The SMILES string of the molecule is [C-]#[N+]c1ccc(Nc2nc(C)ncc2C)cc1Cl. The Balaban J connectivity index is 2.32. The Morgan fingerprint density at radius 3 is 2.78 bits per heavy atom. The van der Waals surface area contributed by atoms with E-state index in [-0.39, 0.29) is 0 Å². The second kappa shape index (κ2) is 5.03. The molecule has 5 heteroatoms. The van der Waals surface area contributed by atoms with Crippen molar-refractivity contribution < 1.29 is 0 Å². The minimum atomic E-state index is 0.429. The molecule has 0 spiro atoms. The molecule has 0 saturated carbocycles. The van der Waals surface area contributed by atoms with E-state index >= 15 is 0 Å². The van der Waals surface area contributed by atoms with E-state index < -0.39 is 0 Å². The highest BCUT2D eigenvalue weighted by atomic mass is 35.5. The molecule has 1 aromatic heterocycles. The van der Waals surface area contributed by atoms with Crippen molar-refractivity contribution in [3.05, 3.63) is 52.2 Å². The fourth-order valence-electron chi connectivity index (χ4n) is 1.47. The van der Waals surface area contributed by atoms with Gasteiger partial charge in [-0.1, -0.05) is 17.7 Å². The number of halogens is 1. The number of anilines is 2. The van der Waals surface area contributed by atoms with Gasteiger partial charge in [-0.05, 0) is 26.0 Å². The number of nitrogens with one attached hydrogen (secondary N) is 1. The Hall–Kier alpha value is -2.12. The fraction of sp³-hybridized carbons (Fsp3) is 0.154. The van der Waals surface area contributed by atoms with Crippen LogP contribution in [0.5, 0.6) is 0 Å². The molecule has 0 aliphatic carbocycles. The van der Waals surface area contributed by atoms with Crippen molar-refractivity contribution in [2.45, 2.75) is 13.8 Å². The molecule has 0 aliphatic heterocycles. The standard InChI is InChI=1S/C13H11ClN4/c1-8-7-16-9(2)17-13(8)18-10-4-5-12(15-3)11(14)6-10/h4-7H,1-2H3,(H,16,17,18). The van der Waals surface area contributed by atoms with Crippen molar-refractivity contribution in [1.29, 1.82) is 0 Å². The van der Waals surface area contributed by atoms with Crippen molar-refractivity contribution in [2.24, 2.45) is 0 Å². The molecule has 0 fully saturated rings. The molecular weight excluding hydrogens is 248 g/mol. The van der Waals surface area contributed by atoms with Crippen LogP contribution in [0.15, 0.2) is 24.4 Å². The molecule has 18 heavy (non-hydrogen) atoms. The number of benzene rings is 1. The molecule has 90 valence electrons. The molecule has 0 bridgehead atoms. The van der Waals surface area contributed by atoms with Crippen LogP contribution in [-0.4, -0.2) is 9.97 Å². The largest absolute Gasteiger partial charge is 0.340 e. The molecule has 2 rings (SSSR count). The maximum atomic E-state index is 6.94. The van der Waals surface area contributed by atoms with Crippen LogP contribution in [0.25, 0.3) is 4.85 Å². The quantitative estimate of drug-likeness (QED) is 0.827. The first-order chi connectivity index (χ1) is 8.60. The summed E-state index contributed by atoms with van der Waals surface area (Å²) in [6.07, 6.45) is 1.76. The van der Waals surface area contributed by atoms with Gasteiger partial charge in [0.15, 0.2) is 0 Å². The van der Waals surface area contributed by atoms with Gasteiger partial charge in [-0.2, -0.15) is 0 Å². The third-order valence-corrected chi connectivity index (χ3v) is 2.73. The molecule has 0 amide bonds. The summed E-state index contributed by atoms with van der Waals surface area (Å²) < 4.78 is 0. The fourth-order valence-corrected chi connectivity index (χ4v) is 1.69. The lowest BCUT2D eigenvalue weighted by molar-refractivity contribution is 1.04. The second-order valence-corrected chi connectivity index (χ2v) is 4.26. The molecule has 0 unspecified atom stereocenters. The van der Waals surface area contributed by atoms with Crippen LogP contribution in [0.3, 0.4) is 0 Å². The Morgan fingerprint density at radius 2 is 2.11 bits per heavy atom. The van der Waals surface area contributed by atoms with E-state index in [2.05, 4.69) is 20.1 Å². The van der Waals surface area contributed by atoms with Crippen LogP contribution < -0.4 is 5.32 Å². The van der Waals surface area contributed by atoms with Gasteiger partial charge in [-0.15, -0.1) is 0 Å². The van der Waals surface area contributed by atoms with E-state index in [9.17, 15) is 0 Å². The lowest BCUT2D eigenvalue weighted by atomic mass is 10.2. The third-order valence-electron chi connectivity index (χ3n) is 2.42. The summed E-state index contributed by atoms with van der Waals surface area (Å²) in [6, 6.07) is 5.20. The van der Waals surface area contributed by atoms with Crippen molar-refractivity contribution in [3.8, 4) is 0 Å². The third kappa shape index (κ3) is 2.58. The maximum absolute atomic E-state index is 6.94. The van der Waals surface area contributed by atoms with Gasteiger partial charge in [0.25, 0.3) is 0 Å². The van der Waals surface area contributed by atoms with Crippen LogP contribution in [0.2, 0.25) is 5.02 Å². The van der Waals surface area contributed by atoms with E-state index in [0.29, 0.717) is 16.5 Å². The molecule has 0 atom stereocenters. The number of nitrogens with zero attached hydrogens (tertiary/aromatic N) is 3. The predicted molar refractivity (Wildman–Crippen MR) is 72.5 cm³/mol. The van der Waals surface area contributed by atoms with Gasteiger partial charge in [-0.25, -0.2) is 14.8 Å². The summed E-state index contributed by atoms with van der Waals surface area (Å²) in [5, 5.41) is 3.60. The Kier molecular flexibility index (Phi) is 3.45. The Morgan fingerprint density at radius 1 is 1.33 bits per heavy atom. The van der Waals surface area contributed by atoms with Gasteiger partial charge in [0.1, 0.15) is 11.6 Å². The van der Waals surface area contributed by atoms with Crippen LogP contribution in [-0.2, 0) is 0 Å². The molecule has 1 aromatic carbocycles. The topological polar surface area (TPSA) is 42.2 Å². The Labute approximate surface area is 110 Å². The first-order valence-electron chi connectivity index (χ1n) is 5.34. The minimum absolute atomic E-state index is 0.429. The summed E-state index contributed by atoms with van der Waals surface area (Å²) in [5.41, 5.74) is 2.19. The van der Waals surface area contributed by atoms with Crippen molar-refractivity contribution in [3.63, 3.8) is 0 Å². The summed E-state index contributed by atoms with van der Waals surface area (Å²) >= 11 is 5.98. The summed E-state index contributed by atoms with van der Waals surface area (Å²) in [4.78, 5) is 11.7. The number of aryl methyl sites for hydroxylation is 2. The molecule has 0 saturated heterocycles. The van der Waals surface area contributed by atoms with Gasteiger partial charge >= 0.3 is 0 Å². The van der Waals surface area contributed by atoms with E-state index in [4.69, 9.17) is 18.2 Å². The minimum Gasteiger partial charge on any atom is -0.340 e. The first kappa shape index (κ1) is 12.3. The monoisotopic (exact) mass is 258 g/mol. The zero-order valence-corrected chi connectivity index (χ0v) is 10.8. The highest BCUT2D eigenvalue weighted by Crippen LogP contribution is 2.29. The maximum Gasteiger partial charge on any atom is 0.205 e. The molecule has 1 heterocycles. The van der Waals surface area contributed by atoms with Crippen molar-refractivity contribution in [1.82, 2.24) is 9.97 Å². The highest BCUT2D eigenvalue weighted by molar-refractivity contribution is 6.33. The second-order valence-electron chi connectivity index (χ2n) is 3.85. The smallest absolute Gasteiger partial charge is 0.205 e. The Bertz CT molecular complexity index is 631. The lowest BCUT2D eigenvalue weighted by Gasteiger charge is -2.09. The molecule has 0 aliphatic rings. The van der Waals surface area contributed by atoms with Gasteiger partial charge in [0.05, 0.1) is 6.57 Å². The number of hydrogen-bond donors (Lipinski definition) is 1. The number of aromatic nitrogens is 2. The molecule has 4 nitrogen and oxygen atoms in total. The zero-order chi connectivity index (χ0) is 13.1. The van der Waals surface area contributed by atoms with Gasteiger partial charge in [0, 0.05) is 22.5 Å². The molecule has 2 aromatic rings. The zero-order valence-electron chi connectivity index (χ0n) is 10.0. The van der Waals surface area contributed by atoms with Crippen molar-refractivity contribution in [2.75, 3.05) is 5.32 Å². The summed E-state index contributed by atoms with van der Waals surface area (Å²) in [7, 11) is 0. The van der Waals surface area contributed by atoms with Crippen molar-refractivity contribution >= 4 is 28.8 Å². The average Bonchev–Trinajstić information content (AvgIpc) is 2.34. The predicted octanol–water partition coefficient (Wildman–Crippen LogP) is 4.04. The van der Waals surface area contributed by atoms with Gasteiger partial charge in [-0.3, -0.25) is 0 Å². The van der Waals surface area contributed by atoms with Crippen LogP contribution in [0.1, 0.15) is 11.4 Å². The van der Waals surface area contributed by atoms with E-state index in [1.807, 2.05) is 13.8 Å². The summed E-state index contributed by atoms with van der Waals surface area (Å²) in [6.45, 7) is 10.7. The molecule has 0 radical (unpaired) electrons. The van der Waals surface area contributed by atoms with Crippen LogP contribution >= 0.6 is 11.6 Å². The van der Waals surface area contributed by atoms with Crippen LogP contribution in [0, 0.1) is 20.4 Å². The number of rotatable bonds is 2. The molecule has 1 N–H and O–H groups in total. The molecular formula is C13H11ClN4. The number of hydrogen-bond acceptors (Lipinski definition) is 3. The van der Waals surface area contributed by atoms with Gasteiger partial charge < -0.3 is 5.32 Å². The van der Waals surface area contributed by atoms with E-state index in [1.54, 1.807) is 24.4 Å². The average molecular weight is 259 g/mol. The van der Waals surface area contributed by atoms with E-state index in [0.717, 1.165) is 17.1 Å². The lowest BCUT2D eigenvalue weighted by Crippen LogP contribution is -1.99. The van der Waals surface area contributed by atoms with Crippen LogP contribution in [0.4, 0.5) is 17.2 Å². The first-order valence-corrected chi connectivity index (χ1v) is 5.72. The highest BCUT2D eigenvalue weighted by Gasteiger charge is 2.05. The van der Waals surface area contributed by atoms with E-state index in [1.165, 1.54) is 0 Å². The summed E-state index contributed by atoms with van der Waals surface area (Å²) in [5.74, 6) is 1.45. The van der Waals surface area contributed by atoms with Gasteiger partial charge in [0.2, 0.25) is 5.69 Å².